The Labute approximate surface area is 275 Å². The Kier molecular flexibility index (Phi) is 16.1. The molecule has 4 atom stereocenters. The lowest BCUT2D eigenvalue weighted by Gasteiger charge is -2.32. The number of ether oxygens (including phenoxy) is 4. The van der Waals surface area contributed by atoms with Crippen LogP contribution in [0.25, 0.3) is 0 Å². The summed E-state index contributed by atoms with van der Waals surface area (Å²) in [5.41, 5.74) is 4.50. The molecule has 3 aromatic carbocycles. The number of hydrogen-bond donors (Lipinski definition) is 2. The van der Waals surface area contributed by atoms with Crippen LogP contribution in [0.2, 0.25) is 0 Å². The maximum absolute atomic E-state index is 13.3. The van der Waals surface area contributed by atoms with Crippen LogP contribution in [0, 0.1) is 13.8 Å². The predicted molar refractivity (Wildman–Crippen MR) is 183 cm³/mol. The van der Waals surface area contributed by atoms with E-state index in [9.17, 15) is 14.7 Å². The number of carbonyl (C=O) groups is 2. The summed E-state index contributed by atoms with van der Waals surface area (Å²) in [6.07, 6.45) is 0.402. The van der Waals surface area contributed by atoms with Crippen molar-refractivity contribution >= 4 is 11.9 Å². The van der Waals surface area contributed by atoms with E-state index in [1.807, 2.05) is 77.1 Å². The first-order valence-corrected chi connectivity index (χ1v) is 15.1. The lowest BCUT2D eigenvalue weighted by atomic mass is 9.93. The number of carboxylic acid groups (broad SMARTS) is 1. The van der Waals surface area contributed by atoms with Crippen molar-refractivity contribution in [2.45, 2.75) is 78.9 Å². The minimum absolute atomic E-state index is 0. The van der Waals surface area contributed by atoms with Crippen LogP contribution in [-0.2, 0) is 9.59 Å². The van der Waals surface area contributed by atoms with E-state index in [0.717, 1.165) is 33.6 Å². The molecular weight excluding hydrogens is 586 g/mol. The number of hydrogen-bond acceptors (Lipinski definition) is 7. The molecular formula is C37H53NO8. The Balaban J connectivity index is 0.000000529. The van der Waals surface area contributed by atoms with E-state index in [1.54, 1.807) is 52.5 Å². The van der Waals surface area contributed by atoms with Gasteiger partial charge in [0, 0.05) is 7.05 Å². The van der Waals surface area contributed by atoms with Crippen LogP contribution in [-0.4, -0.2) is 68.5 Å². The molecule has 3 rings (SSSR count). The number of methoxy groups -OCH3 is 4. The standard InChI is InChI=1S/C23H31NO5.C13H18O3.CH4/c1-7-18(17-13-19(27-4)22(29-6)20(14-17)28-5)23(26)24(3)15(2)21(25)16-11-9-8-10-12-16;1-5-11(13(14)15)10-6-8(2)9(3)12(7-10)16-4;/h8-15,18,21,25H,7H2,1-6H3;6-7,11H,5H2,1-4H3,(H,14,15);1H4/t15-,18?,21+;11-;/m00./s1. The van der Waals surface area contributed by atoms with Gasteiger partial charge in [-0.15, -0.1) is 0 Å². The molecule has 1 unspecified atom stereocenters. The van der Waals surface area contributed by atoms with Crippen molar-refractivity contribution < 1.29 is 38.7 Å². The highest BCUT2D eigenvalue weighted by molar-refractivity contribution is 5.84. The molecule has 0 aliphatic heterocycles. The fourth-order valence-electron chi connectivity index (χ4n) is 5.26. The summed E-state index contributed by atoms with van der Waals surface area (Å²) in [6, 6.07) is 16.3. The minimum atomic E-state index is -0.784. The topological polar surface area (TPSA) is 115 Å². The maximum atomic E-state index is 13.3. The number of amides is 1. The molecule has 1 amide bonds. The van der Waals surface area contributed by atoms with Gasteiger partial charge in [0.2, 0.25) is 11.7 Å². The van der Waals surface area contributed by atoms with Crippen molar-refractivity contribution in [1.82, 2.24) is 4.90 Å². The van der Waals surface area contributed by atoms with Gasteiger partial charge in [-0.1, -0.05) is 57.7 Å². The van der Waals surface area contributed by atoms with Crippen molar-refractivity contribution in [3.63, 3.8) is 0 Å². The van der Waals surface area contributed by atoms with E-state index in [0.29, 0.717) is 30.1 Å². The van der Waals surface area contributed by atoms with Crippen LogP contribution in [0.15, 0.2) is 54.6 Å². The molecule has 0 saturated heterocycles. The van der Waals surface area contributed by atoms with Crippen LogP contribution >= 0.6 is 0 Å². The van der Waals surface area contributed by atoms with Gasteiger partial charge in [-0.2, -0.15) is 0 Å². The van der Waals surface area contributed by atoms with E-state index >= 15 is 0 Å². The highest BCUT2D eigenvalue weighted by atomic mass is 16.5. The third-order valence-electron chi connectivity index (χ3n) is 8.32. The monoisotopic (exact) mass is 639 g/mol. The molecule has 0 saturated carbocycles. The van der Waals surface area contributed by atoms with Gasteiger partial charge in [0.25, 0.3) is 0 Å². The smallest absolute Gasteiger partial charge is 0.310 e. The average molecular weight is 640 g/mol. The number of aryl methyl sites for hydroxylation is 1. The molecule has 0 fully saturated rings. The Morgan fingerprint density at radius 1 is 0.761 bits per heavy atom. The fraction of sp³-hybridized carbons (Fsp3) is 0.459. The lowest BCUT2D eigenvalue weighted by Crippen LogP contribution is -2.41. The van der Waals surface area contributed by atoms with Crippen LogP contribution in [0.3, 0.4) is 0 Å². The second-order valence-corrected chi connectivity index (χ2v) is 10.9. The van der Waals surface area contributed by atoms with E-state index in [4.69, 9.17) is 24.1 Å². The van der Waals surface area contributed by atoms with E-state index in [1.165, 1.54) is 0 Å². The van der Waals surface area contributed by atoms with Crippen LogP contribution in [0.5, 0.6) is 23.0 Å². The largest absolute Gasteiger partial charge is 0.496 e. The molecule has 0 aliphatic rings. The zero-order valence-corrected chi connectivity index (χ0v) is 28.2. The summed E-state index contributed by atoms with van der Waals surface area (Å²) in [4.78, 5) is 26.0. The molecule has 0 aliphatic carbocycles. The predicted octanol–water partition coefficient (Wildman–Crippen LogP) is 7.31. The molecule has 3 aromatic rings. The first-order valence-electron chi connectivity index (χ1n) is 15.1. The summed E-state index contributed by atoms with van der Waals surface area (Å²) in [5, 5.41) is 19.8. The number of likely N-dealkylation sites (N-methyl/N-ethyl adjacent to an activating group) is 1. The highest BCUT2D eigenvalue weighted by Gasteiger charge is 2.30. The third-order valence-corrected chi connectivity index (χ3v) is 8.32. The first kappa shape index (κ1) is 39.8. The van der Waals surface area contributed by atoms with E-state index < -0.39 is 23.9 Å². The molecule has 254 valence electrons. The summed E-state index contributed by atoms with van der Waals surface area (Å²) >= 11 is 0. The average Bonchev–Trinajstić information content (AvgIpc) is 3.05. The van der Waals surface area contributed by atoms with Crippen LogP contribution in [0.4, 0.5) is 0 Å². The molecule has 0 spiro atoms. The number of carbonyl (C=O) groups excluding carboxylic acids is 1. The molecule has 0 aromatic heterocycles. The number of aliphatic carboxylic acids is 1. The maximum Gasteiger partial charge on any atom is 0.310 e. The molecule has 0 radical (unpaired) electrons. The van der Waals surface area contributed by atoms with Crippen molar-refractivity contribution in [3.8, 4) is 23.0 Å². The Morgan fingerprint density at radius 3 is 1.67 bits per heavy atom. The number of nitrogens with zero attached hydrogens (tertiary/aromatic N) is 1. The second-order valence-electron chi connectivity index (χ2n) is 10.9. The van der Waals surface area contributed by atoms with Gasteiger partial charge in [0.1, 0.15) is 5.75 Å². The molecule has 9 nitrogen and oxygen atoms in total. The van der Waals surface area contributed by atoms with Crippen molar-refractivity contribution in [3.05, 3.63) is 82.4 Å². The zero-order valence-electron chi connectivity index (χ0n) is 28.2. The fourth-order valence-corrected chi connectivity index (χ4v) is 5.26. The number of aliphatic hydroxyl groups is 1. The van der Waals surface area contributed by atoms with Gasteiger partial charge in [-0.3, -0.25) is 9.59 Å². The molecule has 2 N–H and O–H groups in total. The van der Waals surface area contributed by atoms with Crippen molar-refractivity contribution in [2.24, 2.45) is 0 Å². The third kappa shape index (κ3) is 9.39. The minimum Gasteiger partial charge on any atom is -0.496 e. The van der Waals surface area contributed by atoms with Crippen LogP contribution in [0.1, 0.15) is 86.8 Å². The van der Waals surface area contributed by atoms with Gasteiger partial charge in [-0.25, -0.2) is 0 Å². The Hall–Kier alpha value is -4.24. The second kappa shape index (κ2) is 18.7. The number of benzene rings is 3. The van der Waals surface area contributed by atoms with E-state index in [2.05, 4.69) is 0 Å². The summed E-state index contributed by atoms with van der Waals surface area (Å²) in [7, 11) is 7.97. The first-order chi connectivity index (χ1) is 21.4. The van der Waals surface area contributed by atoms with Crippen molar-refractivity contribution in [2.75, 3.05) is 35.5 Å². The van der Waals surface area contributed by atoms with E-state index in [-0.39, 0.29) is 19.4 Å². The molecule has 9 heteroatoms. The Bertz CT molecular complexity index is 1380. The normalized spacial score (nSPS) is 13.0. The number of rotatable bonds is 13. The highest BCUT2D eigenvalue weighted by Crippen LogP contribution is 2.41. The molecule has 46 heavy (non-hydrogen) atoms. The molecule has 0 bridgehead atoms. The van der Waals surface area contributed by atoms with Gasteiger partial charge in [-0.05, 0) is 79.6 Å². The van der Waals surface area contributed by atoms with Gasteiger partial charge in [0.15, 0.2) is 11.5 Å². The zero-order chi connectivity index (χ0) is 33.8. The molecule has 0 heterocycles. The number of aliphatic hydroxyl groups excluding tert-OH is 1. The Morgan fingerprint density at radius 2 is 1.24 bits per heavy atom. The van der Waals surface area contributed by atoms with Gasteiger partial charge < -0.3 is 34.1 Å². The van der Waals surface area contributed by atoms with Crippen LogP contribution < -0.4 is 18.9 Å². The number of carboxylic acids is 1. The SMILES string of the molecule is C.CCC(C(=O)N(C)[C@@H](C)[C@@H](O)c1ccccc1)c1cc(OC)c(OC)c(OC)c1.CC[C@H](C(=O)O)c1cc(C)c(C)c(OC)c1. The summed E-state index contributed by atoms with van der Waals surface area (Å²) in [6.45, 7) is 9.62. The summed E-state index contributed by atoms with van der Waals surface area (Å²) in [5.74, 6) is 0.544. The lowest BCUT2D eigenvalue weighted by molar-refractivity contribution is -0.139. The quantitative estimate of drug-likeness (QED) is 0.200. The van der Waals surface area contributed by atoms with Crippen molar-refractivity contribution in [1.29, 1.82) is 0 Å². The van der Waals surface area contributed by atoms with Gasteiger partial charge >= 0.3 is 5.97 Å². The summed E-state index contributed by atoms with van der Waals surface area (Å²) < 4.78 is 21.5. The van der Waals surface area contributed by atoms with Gasteiger partial charge in [0.05, 0.1) is 52.4 Å².